The number of carbonyl (C=O) groups excluding carboxylic acids is 1. The van der Waals surface area contributed by atoms with Crippen molar-refractivity contribution in [3.63, 3.8) is 0 Å². The van der Waals surface area contributed by atoms with Gasteiger partial charge < -0.3 is 4.74 Å². The molecule has 0 aliphatic heterocycles. The van der Waals surface area contributed by atoms with Crippen LogP contribution in [0, 0.1) is 5.82 Å². The highest BCUT2D eigenvalue weighted by atomic mass is 79.9. The quantitative estimate of drug-likeness (QED) is 0.773. The van der Waals surface area contributed by atoms with E-state index >= 15 is 0 Å². The maximum atomic E-state index is 12.7. The van der Waals surface area contributed by atoms with Crippen molar-refractivity contribution in [2.45, 2.75) is 0 Å². The fourth-order valence-electron chi connectivity index (χ4n) is 1.58. The third kappa shape index (κ3) is 4.03. The van der Waals surface area contributed by atoms with Crippen LogP contribution in [0.5, 0.6) is 0 Å². The van der Waals surface area contributed by atoms with Gasteiger partial charge in [0.15, 0.2) is 0 Å². The maximum Gasteiger partial charge on any atom is 0.338 e. The van der Waals surface area contributed by atoms with Crippen LogP contribution in [0.2, 0.25) is 0 Å². The third-order valence-electron chi connectivity index (χ3n) is 2.61. The Morgan fingerprint density at radius 3 is 2.35 bits per heavy atom. The molecule has 2 aromatic carbocycles. The van der Waals surface area contributed by atoms with Crippen LogP contribution in [-0.2, 0) is 4.74 Å². The van der Waals surface area contributed by atoms with E-state index < -0.39 is 5.97 Å². The van der Waals surface area contributed by atoms with Gasteiger partial charge in [-0.1, -0.05) is 46.3 Å². The highest BCUT2D eigenvalue weighted by molar-refractivity contribution is 9.15. The van der Waals surface area contributed by atoms with E-state index in [1.54, 1.807) is 6.08 Å². The molecule has 0 bridgehead atoms. The van der Waals surface area contributed by atoms with Crippen LogP contribution in [-0.4, -0.2) is 12.6 Å². The van der Waals surface area contributed by atoms with Crippen LogP contribution in [0.1, 0.15) is 15.9 Å². The molecule has 4 heteroatoms. The molecule has 0 heterocycles. The summed E-state index contributed by atoms with van der Waals surface area (Å²) in [4.78, 5) is 11.7. The Hall–Kier alpha value is -1.94. The summed E-state index contributed by atoms with van der Waals surface area (Å²) in [5.41, 5.74) is 1.33. The molecule has 0 saturated carbocycles. The first-order chi connectivity index (χ1) is 9.66. The molecule has 0 atom stereocenters. The molecule has 0 fully saturated rings. The monoisotopic (exact) mass is 334 g/mol. The smallest absolute Gasteiger partial charge is 0.338 e. The zero-order valence-electron chi connectivity index (χ0n) is 10.6. The van der Waals surface area contributed by atoms with Gasteiger partial charge in [0.1, 0.15) is 12.4 Å². The van der Waals surface area contributed by atoms with Gasteiger partial charge in [-0.15, -0.1) is 0 Å². The molecule has 2 nitrogen and oxygen atoms in total. The van der Waals surface area contributed by atoms with Crippen molar-refractivity contribution >= 4 is 26.4 Å². The number of rotatable bonds is 4. The fraction of sp³-hybridized carbons (Fsp3) is 0.0625. The lowest BCUT2D eigenvalue weighted by atomic mass is 10.2. The highest BCUT2D eigenvalue weighted by Gasteiger charge is 2.06. The lowest BCUT2D eigenvalue weighted by Crippen LogP contribution is -2.05. The number of benzene rings is 2. The van der Waals surface area contributed by atoms with Gasteiger partial charge in [0.2, 0.25) is 0 Å². The van der Waals surface area contributed by atoms with Crippen molar-refractivity contribution in [1.29, 1.82) is 0 Å². The molecular formula is C16H12BrFO2. The Bertz CT molecular complexity index is 606. The molecule has 0 aliphatic rings. The Morgan fingerprint density at radius 2 is 1.70 bits per heavy atom. The van der Waals surface area contributed by atoms with Crippen molar-refractivity contribution in [3.8, 4) is 0 Å². The first-order valence-electron chi connectivity index (χ1n) is 6.00. The van der Waals surface area contributed by atoms with Gasteiger partial charge >= 0.3 is 5.97 Å². The molecule has 2 rings (SSSR count). The molecule has 0 N–H and O–H groups in total. The van der Waals surface area contributed by atoms with Crippen LogP contribution < -0.4 is 0 Å². The summed E-state index contributed by atoms with van der Waals surface area (Å²) in [5.74, 6) is -0.858. The summed E-state index contributed by atoms with van der Waals surface area (Å²) >= 11 is 3.42. The molecule has 0 amide bonds. The van der Waals surface area contributed by atoms with Crippen LogP contribution in [0.4, 0.5) is 4.39 Å². The minimum atomic E-state index is -0.477. The summed E-state index contributed by atoms with van der Waals surface area (Å²) in [6.07, 6.45) is 1.76. The van der Waals surface area contributed by atoms with E-state index in [1.165, 1.54) is 24.3 Å². The van der Waals surface area contributed by atoms with E-state index in [9.17, 15) is 9.18 Å². The van der Waals surface area contributed by atoms with E-state index in [0.717, 1.165) is 10.0 Å². The lowest BCUT2D eigenvalue weighted by Gasteiger charge is -2.03. The molecule has 0 unspecified atom stereocenters. The van der Waals surface area contributed by atoms with Gasteiger partial charge in [-0.2, -0.15) is 0 Å². The van der Waals surface area contributed by atoms with Crippen LogP contribution in [0.15, 0.2) is 60.7 Å². The predicted molar refractivity (Wildman–Crippen MR) is 80.0 cm³/mol. The van der Waals surface area contributed by atoms with Crippen LogP contribution >= 0.6 is 15.9 Å². The molecule has 2 aromatic rings. The fourth-order valence-corrected chi connectivity index (χ4v) is 1.97. The second-order valence-corrected chi connectivity index (χ2v) is 4.88. The minimum absolute atomic E-state index is 0.145. The molecule has 0 aromatic heterocycles. The van der Waals surface area contributed by atoms with Crippen molar-refractivity contribution < 1.29 is 13.9 Å². The topological polar surface area (TPSA) is 26.3 Å². The Labute approximate surface area is 125 Å². The average molecular weight is 335 g/mol. The molecule has 0 radical (unpaired) electrons. The summed E-state index contributed by atoms with van der Waals surface area (Å²) in [6.45, 7) is 0.145. The van der Waals surface area contributed by atoms with Crippen LogP contribution in [0.3, 0.4) is 0 Å². The molecule has 0 saturated heterocycles. The second-order valence-electron chi connectivity index (χ2n) is 4.02. The van der Waals surface area contributed by atoms with E-state index in [4.69, 9.17) is 4.74 Å². The standard InChI is InChI=1S/C16H12BrFO2/c17-15(12-4-2-1-3-5-12)10-11-20-16(19)13-6-8-14(18)9-7-13/h1-10H,11H2/b15-10+. The van der Waals surface area contributed by atoms with Crippen molar-refractivity contribution in [2.75, 3.05) is 6.61 Å². The largest absolute Gasteiger partial charge is 0.458 e. The summed E-state index contributed by atoms with van der Waals surface area (Å²) in [7, 11) is 0. The normalized spacial score (nSPS) is 11.2. The second kappa shape index (κ2) is 7.01. The molecule has 0 spiro atoms. The number of halogens is 2. The highest BCUT2D eigenvalue weighted by Crippen LogP contribution is 2.20. The van der Waals surface area contributed by atoms with Crippen LogP contribution in [0.25, 0.3) is 4.48 Å². The van der Waals surface area contributed by atoms with Gasteiger partial charge in [0.25, 0.3) is 0 Å². The van der Waals surface area contributed by atoms with Crippen molar-refractivity contribution in [2.24, 2.45) is 0 Å². The Balaban J connectivity index is 1.92. The summed E-state index contributed by atoms with van der Waals surface area (Å²) in [5, 5.41) is 0. The van der Waals surface area contributed by atoms with Gasteiger partial charge in [0, 0.05) is 4.48 Å². The number of carbonyl (C=O) groups is 1. The minimum Gasteiger partial charge on any atom is -0.458 e. The first kappa shape index (κ1) is 14.5. The number of hydrogen-bond donors (Lipinski definition) is 0. The molecule has 20 heavy (non-hydrogen) atoms. The van der Waals surface area contributed by atoms with E-state index in [0.29, 0.717) is 5.56 Å². The molecular weight excluding hydrogens is 323 g/mol. The molecule has 0 aliphatic carbocycles. The third-order valence-corrected chi connectivity index (χ3v) is 3.39. The van der Waals surface area contributed by atoms with Gasteiger partial charge in [-0.25, -0.2) is 9.18 Å². The first-order valence-corrected chi connectivity index (χ1v) is 6.80. The van der Waals surface area contributed by atoms with Crippen molar-refractivity contribution in [3.05, 3.63) is 77.6 Å². The van der Waals surface area contributed by atoms with Crippen molar-refractivity contribution in [1.82, 2.24) is 0 Å². The Kier molecular flexibility index (Phi) is 5.07. The van der Waals surface area contributed by atoms with Gasteiger partial charge in [-0.3, -0.25) is 0 Å². The lowest BCUT2D eigenvalue weighted by molar-refractivity contribution is 0.0550. The summed E-state index contributed by atoms with van der Waals surface area (Å²) < 4.78 is 18.7. The van der Waals surface area contributed by atoms with Gasteiger partial charge in [-0.05, 0) is 35.9 Å². The zero-order chi connectivity index (χ0) is 14.4. The summed E-state index contributed by atoms with van der Waals surface area (Å²) in [6, 6.07) is 14.9. The Morgan fingerprint density at radius 1 is 1.05 bits per heavy atom. The van der Waals surface area contributed by atoms with E-state index in [2.05, 4.69) is 15.9 Å². The SMILES string of the molecule is O=C(OC/C=C(/Br)c1ccccc1)c1ccc(F)cc1. The maximum absolute atomic E-state index is 12.7. The molecule has 102 valence electrons. The van der Waals surface area contributed by atoms with E-state index in [-0.39, 0.29) is 12.4 Å². The number of hydrogen-bond acceptors (Lipinski definition) is 2. The number of esters is 1. The average Bonchev–Trinajstić information content (AvgIpc) is 2.48. The van der Waals surface area contributed by atoms with E-state index in [1.807, 2.05) is 30.3 Å². The predicted octanol–water partition coefficient (Wildman–Crippen LogP) is 4.42. The van der Waals surface area contributed by atoms with Gasteiger partial charge in [0.05, 0.1) is 5.56 Å². The zero-order valence-corrected chi connectivity index (χ0v) is 12.1. The number of ether oxygens (including phenoxy) is 1.